The van der Waals surface area contributed by atoms with E-state index in [4.69, 9.17) is 4.74 Å². The molecule has 1 fully saturated rings. The van der Waals surface area contributed by atoms with E-state index in [2.05, 4.69) is 27.3 Å². The maximum Gasteiger partial charge on any atom is 0.323 e. The summed E-state index contributed by atoms with van der Waals surface area (Å²) in [6.45, 7) is 6.74. The third-order valence-corrected chi connectivity index (χ3v) is 3.60. The van der Waals surface area contributed by atoms with Gasteiger partial charge in [0.2, 0.25) is 0 Å². The maximum absolute atomic E-state index is 11.9. The molecule has 2 heterocycles. The minimum Gasteiger partial charge on any atom is -0.465 e. The smallest absolute Gasteiger partial charge is 0.323 e. The van der Waals surface area contributed by atoms with E-state index in [1.165, 1.54) is 0 Å². The number of aryl methyl sites for hydroxylation is 1. The number of unbranched alkanes of at least 4 members (excludes halogenated alkanes) is 1. The second-order valence-electron chi connectivity index (χ2n) is 5.05. The van der Waals surface area contributed by atoms with E-state index >= 15 is 0 Å². The fraction of sp³-hybridized carbons (Fsp3) is 0.846. The van der Waals surface area contributed by atoms with Gasteiger partial charge in [-0.3, -0.25) is 9.69 Å². The quantitative estimate of drug-likeness (QED) is 0.694. The van der Waals surface area contributed by atoms with Gasteiger partial charge >= 0.3 is 5.97 Å². The number of ether oxygens (including phenoxy) is 1. The SMILES string of the molecule is CCCCn1nnnc1CN1CCCC1C(=O)OCC. The average Bonchev–Trinajstić information content (AvgIpc) is 3.06. The van der Waals surface area contributed by atoms with E-state index in [9.17, 15) is 4.79 Å². The van der Waals surface area contributed by atoms with Crippen molar-refractivity contribution in [1.82, 2.24) is 25.1 Å². The van der Waals surface area contributed by atoms with Gasteiger partial charge in [0.25, 0.3) is 0 Å². The fourth-order valence-corrected chi connectivity index (χ4v) is 2.52. The first-order valence-electron chi connectivity index (χ1n) is 7.42. The molecule has 0 aliphatic carbocycles. The van der Waals surface area contributed by atoms with Crippen molar-refractivity contribution in [1.29, 1.82) is 0 Å². The van der Waals surface area contributed by atoms with Crippen LogP contribution in [0.4, 0.5) is 0 Å². The standard InChI is InChI=1S/C13H23N5O2/c1-3-5-9-18-12(14-15-16-18)10-17-8-6-7-11(17)13(19)20-4-2/h11H,3-10H2,1-2H3. The highest BCUT2D eigenvalue weighted by Crippen LogP contribution is 2.20. The van der Waals surface area contributed by atoms with Gasteiger partial charge in [-0.1, -0.05) is 13.3 Å². The summed E-state index contributed by atoms with van der Waals surface area (Å²) in [6.07, 6.45) is 4.03. The molecule has 1 atom stereocenters. The normalized spacial score (nSPS) is 19.4. The molecule has 1 aliphatic rings. The Bertz CT molecular complexity index is 434. The summed E-state index contributed by atoms with van der Waals surface area (Å²) >= 11 is 0. The third-order valence-electron chi connectivity index (χ3n) is 3.60. The molecule has 1 aliphatic heterocycles. The largest absolute Gasteiger partial charge is 0.465 e. The van der Waals surface area contributed by atoms with E-state index in [1.54, 1.807) is 0 Å². The van der Waals surface area contributed by atoms with Crippen LogP contribution in [0.3, 0.4) is 0 Å². The molecule has 0 amide bonds. The lowest BCUT2D eigenvalue weighted by molar-refractivity contribution is -0.148. The van der Waals surface area contributed by atoms with E-state index in [-0.39, 0.29) is 12.0 Å². The molecule has 1 aromatic heterocycles. The first-order chi connectivity index (χ1) is 9.76. The van der Waals surface area contributed by atoms with Gasteiger partial charge in [-0.2, -0.15) is 0 Å². The molecule has 2 rings (SSSR count). The Kier molecular flexibility index (Phi) is 5.46. The molecule has 1 unspecified atom stereocenters. The predicted molar refractivity (Wildman–Crippen MR) is 72.8 cm³/mol. The van der Waals surface area contributed by atoms with Crippen LogP contribution in [0.2, 0.25) is 0 Å². The number of tetrazole rings is 1. The number of esters is 1. The summed E-state index contributed by atoms with van der Waals surface area (Å²) < 4.78 is 6.97. The van der Waals surface area contributed by atoms with Crippen molar-refractivity contribution in [2.24, 2.45) is 0 Å². The number of rotatable bonds is 7. The minimum absolute atomic E-state index is 0.127. The molecule has 20 heavy (non-hydrogen) atoms. The lowest BCUT2D eigenvalue weighted by atomic mass is 10.2. The predicted octanol–water partition coefficient (Wildman–Crippen LogP) is 1.00. The van der Waals surface area contributed by atoms with E-state index in [0.29, 0.717) is 13.2 Å². The Balaban J connectivity index is 1.98. The lowest BCUT2D eigenvalue weighted by Gasteiger charge is -2.21. The van der Waals surface area contributed by atoms with Crippen LogP contribution in [0, 0.1) is 0 Å². The molecule has 112 valence electrons. The molecule has 0 bridgehead atoms. The van der Waals surface area contributed by atoms with Crippen LogP contribution >= 0.6 is 0 Å². The van der Waals surface area contributed by atoms with Crippen LogP contribution in [-0.4, -0.2) is 50.3 Å². The van der Waals surface area contributed by atoms with Gasteiger partial charge in [0.05, 0.1) is 13.2 Å². The van der Waals surface area contributed by atoms with Crippen LogP contribution in [-0.2, 0) is 22.6 Å². The average molecular weight is 281 g/mol. The lowest BCUT2D eigenvalue weighted by Crippen LogP contribution is -2.37. The Labute approximate surface area is 119 Å². The second kappa shape index (κ2) is 7.33. The Hall–Kier alpha value is -1.50. The Morgan fingerprint density at radius 3 is 3.05 bits per heavy atom. The van der Waals surface area contributed by atoms with E-state index < -0.39 is 0 Å². The van der Waals surface area contributed by atoms with E-state index in [0.717, 1.165) is 44.6 Å². The molecular formula is C13H23N5O2. The molecule has 0 aromatic carbocycles. The molecule has 0 N–H and O–H groups in total. The van der Waals surface area contributed by atoms with Gasteiger partial charge in [-0.05, 0) is 43.2 Å². The van der Waals surface area contributed by atoms with Crippen molar-refractivity contribution in [3.05, 3.63) is 5.82 Å². The Morgan fingerprint density at radius 1 is 1.45 bits per heavy atom. The number of hydrogen-bond acceptors (Lipinski definition) is 6. The number of carbonyl (C=O) groups excluding carboxylic acids is 1. The van der Waals surface area contributed by atoms with Crippen LogP contribution in [0.15, 0.2) is 0 Å². The number of nitrogens with zero attached hydrogens (tertiary/aromatic N) is 5. The van der Waals surface area contributed by atoms with Gasteiger partial charge in [0.15, 0.2) is 5.82 Å². The number of carbonyl (C=O) groups is 1. The van der Waals surface area contributed by atoms with Gasteiger partial charge < -0.3 is 4.74 Å². The maximum atomic E-state index is 11.9. The number of hydrogen-bond donors (Lipinski definition) is 0. The summed E-state index contributed by atoms with van der Waals surface area (Å²) in [5.41, 5.74) is 0. The summed E-state index contributed by atoms with van der Waals surface area (Å²) in [7, 11) is 0. The number of likely N-dealkylation sites (tertiary alicyclic amines) is 1. The molecule has 0 spiro atoms. The van der Waals surface area contributed by atoms with Crippen LogP contribution < -0.4 is 0 Å². The summed E-state index contributed by atoms with van der Waals surface area (Å²) in [5, 5.41) is 11.8. The van der Waals surface area contributed by atoms with Crippen LogP contribution in [0.1, 0.15) is 45.4 Å². The zero-order valence-electron chi connectivity index (χ0n) is 12.3. The van der Waals surface area contributed by atoms with Crippen molar-refractivity contribution in [2.45, 2.75) is 58.7 Å². The minimum atomic E-state index is -0.147. The highest BCUT2D eigenvalue weighted by Gasteiger charge is 2.32. The van der Waals surface area contributed by atoms with Crippen LogP contribution in [0.5, 0.6) is 0 Å². The molecule has 0 radical (unpaired) electrons. The van der Waals surface area contributed by atoms with Gasteiger partial charge in [0, 0.05) is 6.54 Å². The topological polar surface area (TPSA) is 73.1 Å². The Morgan fingerprint density at radius 2 is 2.30 bits per heavy atom. The zero-order valence-corrected chi connectivity index (χ0v) is 12.3. The number of aromatic nitrogens is 4. The summed E-state index contributed by atoms with van der Waals surface area (Å²) in [5.74, 6) is 0.701. The molecular weight excluding hydrogens is 258 g/mol. The van der Waals surface area contributed by atoms with Gasteiger partial charge in [-0.15, -0.1) is 5.10 Å². The highest BCUT2D eigenvalue weighted by atomic mass is 16.5. The second-order valence-corrected chi connectivity index (χ2v) is 5.05. The van der Waals surface area contributed by atoms with Crippen LogP contribution in [0.25, 0.3) is 0 Å². The van der Waals surface area contributed by atoms with Gasteiger partial charge in [-0.25, -0.2) is 4.68 Å². The molecule has 7 heteroatoms. The highest BCUT2D eigenvalue weighted by molar-refractivity contribution is 5.76. The third kappa shape index (κ3) is 3.53. The zero-order chi connectivity index (χ0) is 14.4. The van der Waals surface area contributed by atoms with Crippen molar-refractivity contribution in [3.8, 4) is 0 Å². The first-order valence-corrected chi connectivity index (χ1v) is 7.42. The van der Waals surface area contributed by atoms with Gasteiger partial charge in [0.1, 0.15) is 6.04 Å². The van der Waals surface area contributed by atoms with E-state index in [1.807, 2.05) is 11.6 Å². The van der Waals surface area contributed by atoms with Crippen molar-refractivity contribution >= 4 is 5.97 Å². The molecule has 1 aromatic rings. The first kappa shape index (κ1) is 14.9. The van der Waals surface area contributed by atoms with Crippen molar-refractivity contribution in [3.63, 3.8) is 0 Å². The fourth-order valence-electron chi connectivity index (χ4n) is 2.52. The molecule has 0 saturated carbocycles. The van der Waals surface area contributed by atoms with Crippen molar-refractivity contribution < 1.29 is 9.53 Å². The summed E-state index contributed by atoms with van der Waals surface area (Å²) in [4.78, 5) is 14.0. The molecule has 1 saturated heterocycles. The summed E-state index contributed by atoms with van der Waals surface area (Å²) in [6, 6.07) is -0.147. The molecule has 7 nitrogen and oxygen atoms in total. The monoisotopic (exact) mass is 281 g/mol. The van der Waals surface area contributed by atoms with Crippen molar-refractivity contribution in [2.75, 3.05) is 13.2 Å².